The van der Waals surface area contributed by atoms with Crippen molar-refractivity contribution in [3.8, 4) is 0 Å². The number of rotatable bonds is 3. The number of hydrogen-bond acceptors (Lipinski definition) is 3. The number of anilines is 1. The smallest absolute Gasteiger partial charge is 0.258 e. The van der Waals surface area contributed by atoms with E-state index in [0.717, 1.165) is 29.4 Å². The Kier molecular flexibility index (Phi) is 4.95. The molecule has 0 N–H and O–H groups in total. The van der Waals surface area contributed by atoms with E-state index in [-0.39, 0.29) is 21.8 Å². The second-order valence-electron chi connectivity index (χ2n) is 11.5. The molecule has 0 aromatic heterocycles. The second-order valence-corrected chi connectivity index (χ2v) is 14.3. The molecule has 0 radical (unpaired) electrons. The summed E-state index contributed by atoms with van der Waals surface area (Å²) < 4.78 is 29.1. The zero-order valence-corrected chi connectivity index (χ0v) is 22.2. The SMILES string of the molecule is CC1(C)CCN1S(=O)(=O)c1cccc(C(=O)N2CC3(CCC4(CC4)CC3)c3cc(Br)ccc32)c1. The van der Waals surface area contributed by atoms with E-state index in [9.17, 15) is 13.2 Å². The number of nitrogens with zero attached hydrogens (tertiary/aromatic N) is 2. The topological polar surface area (TPSA) is 57.7 Å². The highest BCUT2D eigenvalue weighted by Crippen LogP contribution is 2.62. The van der Waals surface area contributed by atoms with Crippen LogP contribution in [0.3, 0.4) is 0 Å². The van der Waals surface area contributed by atoms with Crippen LogP contribution in [-0.2, 0) is 15.4 Å². The van der Waals surface area contributed by atoms with Crippen molar-refractivity contribution >= 4 is 37.5 Å². The molecule has 0 bridgehead atoms. The molecule has 180 valence electrons. The second kappa shape index (κ2) is 7.40. The van der Waals surface area contributed by atoms with Crippen LogP contribution in [0, 0.1) is 5.41 Å². The van der Waals surface area contributed by atoms with E-state index in [1.165, 1.54) is 35.6 Å². The lowest BCUT2D eigenvalue weighted by Gasteiger charge is -2.46. The van der Waals surface area contributed by atoms with Gasteiger partial charge in [-0.3, -0.25) is 4.79 Å². The molecule has 2 aliphatic carbocycles. The molecule has 2 saturated carbocycles. The quantitative estimate of drug-likeness (QED) is 0.486. The summed E-state index contributed by atoms with van der Waals surface area (Å²) in [6, 6.07) is 12.8. The van der Waals surface area contributed by atoms with Gasteiger partial charge in [0.15, 0.2) is 0 Å². The van der Waals surface area contributed by atoms with Gasteiger partial charge in [0.05, 0.1) is 4.90 Å². The highest BCUT2D eigenvalue weighted by Gasteiger charge is 2.53. The number of benzene rings is 2. The van der Waals surface area contributed by atoms with Gasteiger partial charge < -0.3 is 4.90 Å². The summed E-state index contributed by atoms with van der Waals surface area (Å²) in [6.45, 7) is 5.07. The summed E-state index contributed by atoms with van der Waals surface area (Å²) in [5, 5.41) is 0. The zero-order chi connectivity index (χ0) is 23.9. The van der Waals surface area contributed by atoms with Crippen LogP contribution in [-0.4, -0.2) is 37.3 Å². The Morgan fingerprint density at radius 2 is 1.65 bits per heavy atom. The number of amides is 1. The van der Waals surface area contributed by atoms with Gasteiger partial charge in [-0.2, -0.15) is 4.31 Å². The van der Waals surface area contributed by atoms with Crippen molar-refractivity contribution in [3.05, 3.63) is 58.1 Å². The van der Waals surface area contributed by atoms with Gasteiger partial charge >= 0.3 is 0 Å². The first-order valence-electron chi connectivity index (χ1n) is 12.3. The van der Waals surface area contributed by atoms with Gasteiger partial charge in [-0.1, -0.05) is 22.0 Å². The van der Waals surface area contributed by atoms with Crippen molar-refractivity contribution in [2.24, 2.45) is 5.41 Å². The molecular formula is C27H31BrN2O3S. The molecule has 2 spiro atoms. The highest BCUT2D eigenvalue weighted by molar-refractivity contribution is 9.10. The van der Waals surface area contributed by atoms with Crippen LogP contribution in [0.5, 0.6) is 0 Å². The third-order valence-electron chi connectivity index (χ3n) is 9.02. The first kappa shape index (κ1) is 22.7. The molecule has 7 heteroatoms. The van der Waals surface area contributed by atoms with Crippen molar-refractivity contribution in [2.45, 2.75) is 74.6 Å². The van der Waals surface area contributed by atoms with Crippen molar-refractivity contribution in [1.82, 2.24) is 4.31 Å². The van der Waals surface area contributed by atoms with E-state index in [1.807, 2.05) is 30.9 Å². The van der Waals surface area contributed by atoms with Crippen LogP contribution in [0.4, 0.5) is 5.69 Å². The summed E-state index contributed by atoms with van der Waals surface area (Å²) in [4.78, 5) is 15.9. The summed E-state index contributed by atoms with van der Waals surface area (Å²) in [6.07, 6.45) is 8.24. The number of halogens is 1. The third-order valence-corrected chi connectivity index (χ3v) is 11.6. The number of sulfonamides is 1. The minimum absolute atomic E-state index is 0.00599. The molecule has 2 heterocycles. The van der Waals surface area contributed by atoms with E-state index in [4.69, 9.17) is 0 Å². The lowest BCUT2D eigenvalue weighted by molar-refractivity contribution is 0.0980. The van der Waals surface area contributed by atoms with Crippen molar-refractivity contribution in [3.63, 3.8) is 0 Å². The molecule has 6 rings (SSSR count). The Labute approximate surface area is 210 Å². The monoisotopic (exact) mass is 542 g/mol. The molecule has 4 aliphatic rings. The molecule has 0 atom stereocenters. The van der Waals surface area contributed by atoms with Crippen LogP contribution < -0.4 is 4.90 Å². The molecule has 2 aromatic rings. The fourth-order valence-corrected chi connectivity index (χ4v) is 8.57. The Hall–Kier alpha value is -1.70. The predicted molar refractivity (Wildman–Crippen MR) is 137 cm³/mol. The minimum atomic E-state index is -3.63. The molecular weight excluding hydrogens is 512 g/mol. The fourth-order valence-electron chi connectivity index (χ4n) is 6.35. The number of fused-ring (bicyclic) bond motifs is 2. The zero-order valence-electron chi connectivity index (χ0n) is 19.8. The van der Waals surface area contributed by atoms with Gasteiger partial charge in [-0.05, 0) is 106 Å². The number of carbonyl (C=O) groups is 1. The maximum absolute atomic E-state index is 13.8. The Morgan fingerprint density at radius 1 is 0.941 bits per heavy atom. The molecule has 1 saturated heterocycles. The average molecular weight is 544 g/mol. The maximum Gasteiger partial charge on any atom is 0.258 e. The summed E-state index contributed by atoms with van der Waals surface area (Å²) in [7, 11) is -3.63. The number of carbonyl (C=O) groups excluding carboxylic acids is 1. The summed E-state index contributed by atoms with van der Waals surface area (Å²) in [5.74, 6) is -0.118. The molecule has 3 fully saturated rings. The Morgan fingerprint density at radius 3 is 2.26 bits per heavy atom. The highest BCUT2D eigenvalue weighted by atomic mass is 79.9. The fraction of sp³-hybridized carbons (Fsp3) is 0.519. The largest absolute Gasteiger partial charge is 0.307 e. The Bertz CT molecular complexity index is 1290. The molecule has 2 aliphatic heterocycles. The molecule has 1 amide bonds. The normalized spacial score (nSPS) is 24.1. The van der Waals surface area contributed by atoms with Crippen molar-refractivity contribution in [1.29, 1.82) is 0 Å². The molecule has 0 unspecified atom stereocenters. The number of hydrogen-bond donors (Lipinski definition) is 0. The minimum Gasteiger partial charge on any atom is -0.307 e. The van der Waals surface area contributed by atoms with Gasteiger partial charge in [0.1, 0.15) is 0 Å². The van der Waals surface area contributed by atoms with Crippen LogP contribution in [0.2, 0.25) is 0 Å². The van der Waals surface area contributed by atoms with Gasteiger partial charge in [0.2, 0.25) is 10.0 Å². The Balaban J connectivity index is 1.33. The van der Waals surface area contributed by atoms with Crippen LogP contribution in [0.1, 0.15) is 74.7 Å². The van der Waals surface area contributed by atoms with Crippen LogP contribution in [0.15, 0.2) is 51.8 Å². The lowest BCUT2D eigenvalue weighted by atomic mass is 9.66. The third kappa shape index (κ3) is 3.41. The molecule has 2 aromatic carbocycles. The van der Waals surface area contributed by atoms with Crippen LogP contribution >= 0.6 is 15.9 Å². The van der Waals surface area contributed by atoms with E-state index < -0.39 is 10.0 Å². The average Bonchev–Trinajstić information content (AvgIpc) is 3.50. The maximum atomic E-state index is 13.8. The van der Waals surface area contributed by atoms with Crippen molar-refractivity contribution < 1.29 is 13.2 Å². The van der Waals surface area contributed by atoms with E-state index in [2.05, 4.69) is 22.0 Å². The van der Waals surface area contributed by atoms with Gasteiger partial charge in [0, 0.05) is 39.8 Å². The van der Waals surface area contributed by atoms with Gasteiger partial charge in [0.25, 0.3) is 5.91 Å². The van der Waals surface area contributed by atoms with E-state index in [1.54, 1.807) is 24.3 Å². The summed E-state index contributed by atoms with van der Waals surface area (Å²) >= 11 is 3.64. The van der Waals surface area contributed by atoms with Crippen LogP contribution in [0.25, 0.3) is 0 Å². The van der Waals surface area contributed by atoms with Gasteiger partial charge in [-0.15, -0.1) is 0 Å². The lowest BCUT2D eigenvalue weighted by Crippen LogP contribution is -2.58. The van der Waals surface area contributed by atoms with Crippen molar-refractivity contribution in [2.75, 3.05) is 18.0 Å². The predicted octanol–water partition coefficient (Wildman–Crippen LogP) is 5.87. The standard InChI is InChI=1S/C27H31BrN2O3S/c1-25(2)14-15-30(25)34(32,33)21-5-3-4-19(16-21)24(31)29-18-27(12-10-26(8-9-26)11-13-27)22-17-20(28)6-7-23(22)29/h3-7,16-17H,8-15,18H2,1-2H3. The summed E-state index contributed by atoms with van der Waals surface area (Å²) in [5.41, 5.74) is 2.84. The van der Waals surface area contributed by atoms with E-state index >= 15 is 0 Å². The van der Waals surface area contributed by atoms with E-state index in [0.29, 0.717) is 24.1 Å². The first-order chi connectivity index (χ1) is 16.1. The molecule has 34 heavy (non-hydrogen) atoms. The first-order valence-corrected chi connectivity index (χ1v) is 14.5. The van der Waals surface area contributed by atoms with Gasteiger partial charge in [-0.25, -0.2) is 8.42 Å². The molecule has 5 nitrogen and oxygen atoms in total.